The van der Waals surface area contributed by atoms with Crippen LogP contribution in [0, 0.1) is 11.3 Å². The Kier molecular flexibility index (Phi) is 6.39. The van der Waals surface area contributed by atoms with Gasteiger partial charge in [-0.25, -0.2) is 4.79 Å². The fourth-order valence-electron chi connectivity index (χ4n) is 3.38. The minimum Gasteiger partial charge on any atom is -0.493 e. The second kappa shape index (κ2) is 9.18. The highest BCUT2D eigenvalue weighted by atomic mass is 16.6. The van der Waals surface area contributed by atoms with E-state index in [9.17, 15) is 14.9 Å². The standard InChI is InChI=1S/C22H20N2O8/c1-27-14-8-11(9-15(28-2)19(14)29-3)16-12(10-23)21(24)32-20(22(26)30-4)17(16)18(25)13-6-5-7-31-13/h5-9,16H,24H2,1-4H3. The molecule has 1 aliphatic rings. The fraction of sp³-hybridized carbons (Fsp3) is 0.227. The van der Waals surface area contributed by atoms with Gasteiger partial charge in [0, 0.05) is 0 Å². The summed E-state index contributed by atoms with van der Waals surface area (Å²) < 4.78 is 31.5. The van der Waals surface area contributed by atoms with Crippen molar-refractivity contribution < 1.29 is 37.7 Å². The molecule has 1 atom stereocenters. The first-order valence-electron chi connectivity index (χ1n) is 9.19. The molecule has 2 aromatic rings. The third-order valence-corrected chi connectivity index (χ3v) is 4.80. The zero-order valence-electron chi connectivity index (χ0n) is 17.8. The minimum absolute atomic E-state index is 0.0693. The van der Waals surface area contributed by atoms with E-state index in [2.05, 4.69) is 0 Å². The van der Waals surface area contributed by atoms with Crippen molar-refractivity contribution in [2.75, 3.05) is 28.4 Å². The number of hydrogen-bond acceptors (Lipinski definition) is 10. The van der Waals surface area contributed by atoms with Gasteiger partial charge in [-0.2, -0.15) is 5.26 Å². The molecule has 10 heteroatoms. The van der Waals surface area contributed by atoms with Gasteiger partial charge < -0.3 is 33.8 Å². The molecule has 0 spiro atoms. The summed E-state index contributed by atoms with van der Waals surface area (Å²) in [5.41, 5.74) is 6.03. The molecule has 32 heavy (non-hydrogen) atoms. The first-order chi connectivity index (χ1) is 15.4. The second-order valence-corrected chi connectivity index (χ2v) is 6.42. The summed E-state index contributed by atoms with van der Waals surface area (Å²) >= 11 is 0. The van der Waals surface area contributed by atoms with Crippen LogP contribution in [0.3, 0.4) is 0 Å². The van der Waals surface area contributed by atoms with Crippen LogP contribution in [0.15, 0.2) is 57.7 Å². The van der Waals surface area contributed by atoms with Gasteiger partial charge in [-0.1, -0.05) is 0 Å². The third kappa shape index (κ3) is 3.72. The number of hydrogen-bond donors (Lipinski definition) is 1. The molecule has 3 rings (SSSR count). The summed E-state index contributed by atoms with van der Waals surface area (Å²) in [6, 6.07) is 7.99. The van der Waals surface area contributed by atoms with Crippen molar-refractivity contribution in [2.45, 2.75) is 5.92 Å². The van der Waals surface area contributed by atoms with Gasteiger partial charge in [0.2, 0.25) is 23.2 Å². The Hall–Kier alpha value is -4.39. The molecule has 1 aliphatic heterocycles. The number of nitriles is 1. The number of carbonyl (C=O) groups is 2. The lowest BCUT2D eigenvalue weighted by Gasteiger charge is -2.27. The number of nitrogens with zero attached hydrogens (tertiary/aromatic N) is 1. The molecule has 10 nitrogen and oxygen atoms in total. The highest BCUT2D eigenvalue weighted by molar-refractivity contribution is 6.12. The number of esters is 1. The van der Waals surface area contributed by atoms with E-state index in [1.807, 2.05) is 6.07 Å². The predicted molar refractivity (Wildman–Crippen MR) is 109 cm³/mol. The maximum absolute atomic E-state index is 13.4. The molecule has 0 saturated carbocycles. The number of benzene rings is 1. The number of allylic oxidation sites excluding steroid dienone is 2. The van der Waals surface area contributed by atoms with E-state index in [0.717, 1.165) is 7.11 Å². The third-order valence-electron chi connectivity index (χ3n) is 4.80. The van der Waals surface area contributed by atoms with E-state index >= 15 is 0 Å². The summed E-state index contributed by atoms with van der Waals surface area (Å²) in [6.45, 7) is 0. The number of carbonyl (C=O) groups excluding carboxylic acids is 2. The van der Waals surface area contributed by atoms with Gasteiger partial charge in [0.1, 0.15) is 11.6 Å². The monoisotopic (exact) mass is 440 g/mol. The number of ether oxygens (including phenoxy) is 5. The lowest BCUT2D eigenvalue weighted by molar-refractivity contribution is -0.139. The molecule has 0 aliphatic carbocycles. The Morgan fingerprint density at radius 1 is 1.09 bits per heavy atom. The lowest BCUT2D eigenvalue weighted by atomic mass is 9.80. The van der Waals surface area contributed by atoms with Crippen molar-refractivity contribution >= 4 is 11.8 Å². The van der Waals surface area contributed by atoms with Crippen LogP contribution in [0.5, 0.6) is 17.2 Å². The first kappa shape index (κ1) is 22.3. The molecule has 0 fully saturated rings. The maximum Gasteiger partial charge on any atom is 0.374 e. The number of ketones is 1. The fourth-order valence-corrected chi connectivity index (χ4v) is 3.38. The van der Waals surface area contributed by atoms with Crippen molar-refractivity contribution in [2.24, 2.45) is 5.73 Å². The summed E-state index contributed by atoms with van der Waals surface area (Å²) in [5, 5.41) is 9.83. The van der Waals surface area contributed by atoms with E-state index in [0.29, 0.717) is 11.3 Å². The SMILES string of the molecule is COC(=O)C1=C(C(=O)c2ccco2)C(c2cc(OC)c(OC)c(OC)c2)C(C#N)=C(N)O1. The molecular weight excluding hydrogens is 420 g/mol. The van der Waals surface area contributed by atoms with E-state index in [1.165, 1.54) is 39.7 Å². The van der Waals surface area contributed by atoms with Crippen LogP contribution in [-0.2, 0) is 14.3 Å². The van der Waals surface area contributed by atoms with Gasteiger partial charge in [0.15, 0.2) is 17.3 Å². The lowest BCUT2D eigenvalue weighted by Crippen LogP contribution is -2.28. The van der Waals surface area contributed by atoms with Gasteiger partial charge in [-0.3, -0.25) is 4.79 Å². The zero-order chi connectivity index (χ0) is 23.4. The van der Waals surface area contributed by atoms with Crippen LogP contribution < -0.4 is 19.9 Å². The number of Topliss-reactive ketones (excluding diaryl/α,β-unsaturated/α-hetero) is 1. The molecule has 0 radical (unpaired) electrons. The molecule has 2 heterocycles. The molecule has 2 N–H and O–H groups in total. The molecule has 0 bridgehead atoms. The van der Waals surface area contributed by atoms with E-state index in [4.69, 9.17) is 33.8 Å². The Balaban J connectivity index is 2.35. The van der Waals surface area contributed by atoms with Crippen molar-refractivity contribution in [3.05, 3.63) is 64.6 Å². The zero-order valence-corrected chi connectivity index (χ0v) is 17.8. The summed E-state index contributed by atoms with van der Waals surface area (Å²) in [4.78, 5) is 25.9. The number of furan rings is 1. The normalized spacial score (nSPS) is 15.5. The number of methoxy groups -OCH3 is 4. The molecule has 1 unspecified atom stereocenters. The maximum atomic E-state index is 13.4. The van der Waals surface area contributed by atoms with Gasteiger partial charge in [-0.15, -0.1) is 0 Å². The van der Waals surface area contributed by atoms with Crippen LogP contribution in [0.25, 0.3) is 0 Å². The van der Waals surface area contributed by atoms with Crippen LogP contribution in [0.1, 0.15) is 22.0 Å². The van der Waals surface area contributed by atoms with Crippen molar-refractivity contribution in [3.8, 4) is 23.3 Å². The highest BCUT2D eigenvalue weighted by Crippen LogP contribution is 2.46. The van der Waals surface area contributed by atoms with E-state index < -0.39 is 23.4 Å². The van der Waals surface area contributed by atoms with Gasteiger partial charge >= 0.3 is 5.97 Å². The molecule has 166 valence electrons. The van der Waals surface area contributed by atoms with Crippen LogP contribution in [0.2, 0.25) is 0 Å². The van der Waals surface area contributed by atoms with Crippen LogP contribution in [-0.4, -0.2) is 40.2 Å². The van der Waals surface area contributed by atoms with Crippen LogP contribution in [0.4, 0.5) is 0 Å². The van der Waals surface area contributed by atoms with Crippen LogP contribution >= 0.6 is 0 Å². The number of nitrogens with two attached hydrogens (primary N) is 1. The Labute approximate surface area is 183 Å². The van der Waals surface area contributed by atoms with Crippen molar-refractivity contribution in [3.63, 3.8) is 0 Å². The summed E-state index contributed by atoms with van der Waals surface area (Å²) in [7, 11) is 5.41. The van der Waals surface area contributed by atoms with Gasteiger partial charge in [-0.05, 0) is 29.8 Å². The average Bonchev–Trinajstić information content (AvgIpc) is 3.36. The summed E-state index contributed by atoms with van der Waals surface area (Å²) in [5.74, 6) is -2.77. The quantitative estimate of drug-likeness (QED) is 0.503. The predicted octanol–water partition coefficient (Wildman–Crippen LogP) is 2.42. The first-order valence-corrected chi connectivity index (χ1v) is 9.19. The molecule has 1 aromatic heterocycles. The molecule has 1 aromatic carbocycles. The smallest absolute Gasteiger partial charge is 0.374 e. The highest BCUT2D eigenvalue weighted by Gasteiger charge is 2.41. The molecular formula is C22H20N2O8. The Morgan fingerprint density at radius 2 is 1.75 bits per heavy atom. The summed E-state index contributed by atoms with van der Waals surface area (Å²) in [6.07, 6.45) is 1.30. The molecule has 0 saturated heterocycles. The second-order valence-electron chi connectivity index (χ2n) is 6.42. The Bertz CT molecular complexity index is 1130. The van der Waals surface area contributed by atoms with E-state index in [-0.39, 0.29) is 34.3 Å². The van der Waals surface area contributed by atoms with Gasteiger partial charge in [0.05, 0.1) is 46.2 Å². The Morgan fingerprint density at radius 3 is 2.22 bits per heavy atom. The average molecular weight is 440 g/mol. The van der Waals surface area contributed by atoms with Crippen molar-refractivity contribution in [1.82, 2.24) is 0 Å². The molecule has 0 amide bonds. The number of rotatable bonds is 7. The van der Waals surface area contributed by atoms with Crippen molar-refractivity contribution in [1.29, 1.82) is 5.26 Å². The topological polar surface area (TPSA) is 143 Å². The minimum atomic E-state index is -1.12. The largest absolute Gasteiger partial charge is 0.493 e. The van der Waals surface area contributed by atoms with E-state index in [1.54, 1.807) is 12.1 Å². The van der Waals surface area contributed by atoms with Gasteiger partial charge in [0.25, 0.3) is 0 Å².